The van der Waals surface area contributed by atoms with E-state index in [9.17, 15) is 9.18 Å². The standard InChI is InChI=1S/C35H46FNO3.C7H7NO/c1-23(2)32-25(4)31(26-13-11-10-12-14-26)33(27-15-17-28(36)18-16-27)37(32)20-19-29-22-30(40-35(8,9)39-29)21-24(3)38-34(5,6)7;9-6-8-7-4-2-1-3-5-7/h10-18,23,29-30H,3,19-22H2,1-2,4-9H3;1-6H,(H,8,9). The van der Waals surface area contributed by atoms with E-state index in [0.717, 1.165) is 42.1 Å². The lowest BCUT2D eigenvalue weighted by Crippen LogP contribution is -2.45. The van der Waals surface area contributed by atoms with Crippen molar-refractivity contribution in [3.05, 3.63) is 114 Å². The molecule has 3 aromatic carbocycles. The highest BCUT2D eigenvalue weighted by Crippen LogP contribution is 2.42. The summed E-state index contributed by atoms with van der Waals surface area (Å²) in [6, 6.07) is 26.7. The van der Waals surface area contributed by atoms with E-state index in [1.807, 2.05) is 83.1 Å². The van der Waals surface area contributed by atoms with E-state index in [1.165, 1.54) is 22.4 Å². The van der Waals surface area contributed by atoms with Crippen LogP contribution in [0.4, 0.5) is 10.1 Å². The molecule has 1 amide bonds. The molecular formula is C42H53FN2O4. The maximum atomic E-state index is 14.0. The van der Waals surface area contributed by atoms with Gasteiger partial charge in [0, 0.05) is 36.3 Å². The molecule has 0 bridgehead atoms. The molecule has 2 atom stereocenters. The van der Waals surface area contributed by atoms with Crippen molar-refractivity contribution in [1.29, 1.82) is 0 Å². The summed E-state index contributed by atoms with van der Waals surface area (Å²) < 4.78 is 35.1. The van der Waals surface area contributed by atoms with Crippen LogP contribution in [0.2, 0.25) is 0 Å². The molecule has 1 fully saturated rings. The van der Waals surface area contributed by atoms with Gasteiger partial charge in [-0.05, 0) is 107 Å². The number of ether oxygens (including phenoxy) is 3. The zero-order chi connectivity index (χ0) is 35.8. The van der Waals surface area contributed by atoms with Gasteiger partial charge in [0.05, 0.1) is 23.7 Å². The Morgan fingerprint density at radius 1 is 0.980 bits per heavy atom. The molecule has 5 rings (SSSR count). The molecule has 0 spiro atoms. The van der Waals surface area contributed by atoms with Crippen LogP contribution in [-0.4, -0.2) is 34.6 Å². The monoisotopic (exact) mass is 668 g/mol. The molecule has 1 N–H and O–H groups in total. The molecule has 0 saturated carbocycles. The van der Waals surface area contributed by atoms with Crippen molar-refractivity contribution in [3.63, 3.8) is 0 Å². The Morgan fingerprint density at radius 2 is 1.57 bits per heavy atom. The third-order valence-electron chi connectivity index (χ3n) is 8.29. The number of nitrogens with zero attached hydrogens (tertiary/aromatic N) is 1. The van der Waals surface area contributed by atoms with Gasteiger partial charge in [0.2, 0.25) is 6.41 Å². The van der Waals surface area contributed by atoms with E-state index in [2.05, 4.69) is 61.5 Å². The molecule has 262 valence electrons. The maximum absolute atomic E-state index is 14.0. The lowest BCUT2D eigenvalue weighted by molar-refractivity contribution is -0.301. The Hall–Kier alpha value is -4.20. The number of amides is 1. The van der Waals surface area contributed by atoms with Gasteiger partial charge in [-0.2, -0.15) is 0 Å². The highest BCUT2D eigenvalue weighted by molar-refractivity contribution is 5.85. The molecule has 49 heavy (non-hydrogen) atoms. The number of benzene rings is 3. The van der Waals surface area contributed by atoms with Crippen LogP contribution in [0.3, 0.4) is 0 Å². The Labute approximate surface area is 292 Å². The first-order valence-corrected chi connectivity index (χ1v) is 17.2. The predicted molar refractivity (Wildman–Crippen MR) is 198 cm³/mol. The van der Waals surface area contributed by atoms with Crippen molar-refractivity contribution in [2.24, 2.45) is 0 Å². The molecule has 0 radical (unpaired) electrons. The van der Waals surface area contributed by atoms with Gasteiger partial charge in [0.25, 0.3) is 0 Å². The average molecular weight is 669 g/mol. The molecule has 1 aliphatic rings. The van der Waals surface area contributed by atoms with Gasteiger partial charge in [-0.3, -0.25) is 4.79 Å². The third kappa shape index (κ3) is 10.6. The van der Waals surface area contributed by atoms with Crippen LogP contribution in [0, 0.1) is 12.7 Å². The van der Waals surface area contributed by atoms with E-state index >= 15 is 0 Å². The minimum Gasteiger partial charge on any atom is -0.493 e. The summed E-state index contributed by atoms with van der Waals surface area (Å²) in [6.07, 6.45) is 2.88. The van der Waals surface area contributed by atoms with Crippen LogP contribution in [0.25, 0.3) is 22.4 Å². The number of carbonyl (C=O) groups excluding carboxylic acids is 1. The summed E-state index contributed by atoms with van der Waals surface area (Å²) >= 11 is 0. The molecule has 4 aromatic rings. The third-order valence-corrected chi connectivity index (χ3v) is 8.29. The Bertz CT molecular complexity index is 1660. The fourth-order valence-corrected chi connectivity index (χ4v) is 6.73. The molecule has 2 heterocycles. The Morgan fingerprint density at radius 3 is 2.14 bits per heavy atom. The molecule has 1 aromatic heterocycles. The van der Waals surface area contributed by atoms with Crippen LogP contribution in [0.1, 0.15) is 84.9 Å². The maximum Gasteiger partial charge on any atom is 0.211 e. The lowest BCUT2D eigenvalue weighted by Gasteiger charge is -2.41. The van der Waals surface area contributed by atoms with E-state index in [0.29, 0.717) is 18.7 Å². The Kier molecular flexibility index (Phi) is 12.6. The van der Waals surface area contributed by atoms with Crippen molar-refractivity contribution < 1.29 is 23.4 Å². The number of carbonyl (C=O) groups is 1. The summed E-state index contributed by atoms with van der Waals surface area (Å²) in [5.41, 5.74) is 7.62. The smallest absolute Gasteiger partial charge is 0.211 e. The summed E-state index contributed by atoms with van der Waals surface area (Å²) in [5, 5.41) is 2.53. The first-order chi connectivity index (χ1) is 23.2. The topological polar surface area (TPSA) is 61.7 Å². The molecule has 1 aliphatic heterocycles. The van der Waals surface area contributed by atoms with Crippen LogP contribution < -0.4 is 5.32 Å². The lowest BCUT2D eigenvalue weighted by atomic mass is 9.96. The van der Waals surface area contributed by atoms with Gasteiger partial charge in [-0.1, -0.05) is 69.0 Å². The van der Waals surface area contributed by atoms with Crippen LogP contribution >= 0.6 is 0 Å². The number of aromatic nitrogens is 1. The number of anilines is 1. The van der Waals surface area contributed by atoms with E-state index in [4.69, 9.17) is 14.2 Å². The molecule has 1 saturated heterocycles. The normalized spacial score (nSPS) is 17.2. The van der Waals surface area contributed by atoms with E-state index in [-0.39, 0.29) is 23.6 Å². The van der Waals surface area contributed by atoms with Gasteiger partial charge in [0.15, 0.2) is 5.79 Å². The highest BCUT2D eigenvalue weighted by Gasteiger charge is 2.36. The first kappa shape index (κ1) is 37.6. The summed E-state index contributed by atoms with van der Waals surface area (Å²) in [7, 11) is 0. The van der Waals surface area contributed by atoms with Crippen molar-refractivity contribution in [3.8, 4) is 22.4 Å². The average Bonchev–Trinajstić information content (AvgIpc) is 3.32. The molecular weight excluding hydrogens is 615 g/mol. The zero-order valence-corrected chi connectivity index (χ0v) is 30.4. The van der Waals surface area contributed by atoms with Crippen molar-refractivity contribution in [2.75, 3.05) is 5.32 Å². The molecule has 6 nitrogen and oxygen atoms in total. The summed E-state index contributed by atoms with van der Waals surface area (Å²) in [5.74, 6) is 0.125. The quantitative estimate of drug-likeness (QED) is 0.128. The fourth-order valence-electron chi connectivity index (χ4n) is 6.73. The van der Waals surface area contributed by atoms with Gasteiger partial charge in [0.1, 0.15) is 11.4 Å². The second-order valence-corrected chi connectivity index (χ2v) is 14.4. The number of rotatable bonds is 11. The largest absolute Gasteiger partial charge is 0.493 e. The first-order valence-electron chi connectivity index (χ1n) is 17.2. The molecule has 7 heteroatoms. The molecule has 0 aliphatic carbocycles. The number of para-hydroxylation sites is 1. The van der Waals surface area contributed by atoms with Gasteiger partial charge in [-0.15, -0.1) is 0 Å². The van der Waals surface area contributed by atoms with Gasteiger partial charge < -0.3 is 24.1 Å². The number of halogens is 1. The van der Waals surface area contributed by atoms with Crippen molar-refractivity contribution in [2.45, 2.75) is 111 Å². The fraction of sp³-hybridized carbons (Fsp3) is 0.405. The second-order valence-electron chi connectivity index (χ2n) is 14.4. The van der Waals surface area contributed by atoms with Crippen LogP contribution in [0.15, 0.2) is 97.3 Å². The summed E-state index contributed by atoms with van der Waals surface area (Å²) in [4.78, 5) is 9.86. The Balaban J connectivity index is 0.000000520. The number of hydrogen-bond acceptors (Lipinski definition) is 4. The number of nitrogens with one attached hydrogen (secondary N) is 1. The van der Waals surface area contributed by atoms with Crippen molar-refractivity contribution >= 4 is 12.1 Å². The van der Waals surface area contributed by atoms with Gasteiger partial charge in [-0.25, -0.2) is 4.39 Å². The highest BCUT2D eigenvalue weighted by atomic mass is 19.1. The SMILES string of the molecule is C=C(CC1CC(CCn2c(-c3ccc(F)cc3)c(-c3ccccc3)c(C)c2C(C)C)OC(C)(C)O1)OC(C)(C)C.O=CNc1ccccc1. The van der Waals surface area contributed by atoms with E-state index in [1.54, 1.807) is 12.1 Å². The van der Waals surface area contributed by atoms with Gasteiger partial charge >= 0.3 is 0 Å². The second kappa shape index (κ2) is 16.5. The number of hydrogen-bond donors (Lipinski definition) is 1. The molecule has 2 unspecified atom stereocenters. The summed E-state index contributed by atoms with van der Waals surface area (Å²) in [6.45, 7) is 21.7. The minimum atomic E-state index is -0.696. The predicted octanol–water partition coefficient (Wildman–Crippen LogP) is 10.7. The minimum absolute atomic E-state index is 0.0140. The van der Waals surface area contributed by atoms with Crippen LogP contribution in [0.5, 0.6) is 0 Å². The van der Waals surface area contributed by atoms with Crippen molar-refractivity contribution in [1.82, 2.24) is 4.57 Å². The van der Waals surface area contributed by atoms with Crippen LogP contribution in [-0.2, 0) is 25.5 Å². The van der Waals surface area contributed by atoms with E-state index < -0.39 is 5.79 Å². The zero-order valence-electron chi connectivity index (χ0n) is 30.4.